The summed E-state index contributed by atoms with van der Waals surface area (Å²) in [5, 5.41) is 9.73. The third-order valence-corrected chi connectivity index (χ3v) is 15.2. The Balaban J connectivity index is 0.000000244. The summed E-state index contributed by atoms with van der Waals surface area (Å²) in [7, 11) is 6.83. The van der Waals surface area contributed by atoms with Crippen LogP contribution in [0.4, 0.5) is 0 Å². The van der Waals surface area contributed by atoms with Crippen molar-refractivity contribution in [1.29, 1.82) is 0 Å². The van der Waals surface area contributed by atoms with Gasteiger partial charge in [0.15, 0.2) is 0 Å². The van der Waals surface area contributed by atoms with E-state index in [0.717, 1.165) is 48.6 Å². The van der Waals surface area contributed by atoms with Gasteiger partial charge in [-0.05, 0) is 87.0 Å². The average Bonchev–Trinajstić information content (AvgIpc) is 3.69. The van der Waals surface area contributed by atoms with E-state index in [2.05, 4.69) is 52.3 Å². The largest absolute Gasteiger partial charge is 0.496 e. The molecule has 17 heteroatoms. The van der Waals surface area contributed by atoms with Crippen LogP contribution in [-0.4, -0.2) is 123 Å². The maximum atomic E-state index is 12.9. The smallest absolute Gasteiger partial charge is 0.299 e. The van der Waals surface area contributed by atoms with Gasteiger partial charge in [0.2, 0.25) is 0 Å². The first kappa shape index (κ1) is 51.1. The summed E-state index contributed by atoms with van der Waals surface area (Å²) in [6.07, 6.45) is 5.31. The Hall–Kier alpha value is -4.55. The lowest BCUT2D eigenvalue weighted by molar-refractivity contribution is 0.0929. The molecule has 14 nitrogen and oxygen atoms in total. The summed E-state index contributed by atoms with van der Waals surface area (Å²) < 4.78 is 59.8. The SMILES string of the molecule is CN(C)S(=O)(=O)Cl.COc1ccccc1C(=O)NCC1(c2ccccc2)CCCN(S(=O)(=O)N(C)C)CC1.COc1ccccc1C(=O)NCC1(c2ccccc2)CCCNCC1. The van der Waals surface area contributed by atoms with Crippen LogP contribution in [0.2, 0.25) is 0 Å². The lowest BCUT2D eigenvalue weighted by atomic mass is 9.74. The minimum Gasteiger partial charge on any atom is -0.496 e. The first-order valence-corrected chi connectivity index (χ1v) is 24.6. The number of carbonyl (C=O) groups is 2. The zero-order chi connectivity index (χ0) is 46.1. The number of methoxy groups -OCH3 is 2. The Morgan fingerprint density at radius 2 is 1.05 bits per heavy atom. The summed E-state index contributed by atoms with van der Waals surface area (Å²) in [5.74, 6) is 0.855. The van der Waals surface area contributed by atoms with Crippen molar-refractivity contribution in [3.63, 3.8) is 0 Å². The second-order valence-corrected chi connectivity index (χ2v) is 20.8. The van der Waals surface area contributed by atoms with Crippen LogP contribution in [-0.2, 0) is 30.3 Å². The number of amides is 2. The summed E-state index contributed by atoms with van der Waals surface area (Å²) >= 11 is 0. The number of hydrogen-bond acceptors (Lipinski definition) is 9. The molecule has 6 rings (SSSR count). The van der Waals surface area contributed by atoms with Gasteiger partial charge in [0, 0.05) is 75.9 Å². The Bertz CT molecular complexity index is 2280. The molecule has 2 aliphatic rings. The van der Waals surface area contributed by atoms with Crippen LogP contribution in [0, 0.1) is 0 Å². The third-order valence-electron chi connectivity index (χ3n) is 11.6. The number of nitrogens with one attached hydrogen (secondary N) is 3. The molecule has 344 valence electrons. The standard InChI is InChI=1S/C23H31N3O4S.C21H26N2O2.C2H6ClNO2S/c1-25(2)31(28,29)26-16-9-14-23(15-17-26,19-10-5-4-6-11-19)18-24-22(27)20-12-7-8-13-21(20)30-3;1-25-19-11-6-5-10-18(19)20(24)23-16-21(12-7-14-22-15-13-21)17-8-3-2-4-9-17;1-4(2)7(3,5)6/h4-8,10-13H,9,14-18H2,1-3H3,(H,24,27);2-6,8-11,22H,7,12-16H2,1H3,(H,23,24);1-2H3. The number of ether oxygens (including phenoxy) is 2. The van der Waals surface area contributed by atoms with E-state index >= 15 is 0 Å². The molecule has 2 fully saturated rings. The highest BCUT2D eigenvalue weighted by atomic mass is 35.7. The van der Waals surface area contributed by atoms with Crippen LogP contribution in [0.25, 0.3) is 0 Å². The predicted octanol–water partition coefficient (Wildman–Crippen LogP) is 5.82. The zero-order valence-electron chi connectivity index (χ0n) is 37.2. The highest BCUT2D eigenvalue weighted by molar-refractivity contribution is 8.11. The zero-order valence-corrected chi connectivity index (χ0v) is 39.6. The van der Waals surface area contributed by atoms with Gasteiger partial charge in [-0.15, -0.1) is 0 Å². The highest BCUT2D eigenvalue weighted by Crippen LogP contribution is 2.37. The van der Waals surface area contributed by atoms with E-state index in [1.165, 1.54) is 24.0 Å². The van der Waals surface area contributed by atoms with Crippen LogP contribution in [0.3, 0.4) is 0 Å². The molecule has 0 aromatic heterocycles. The molecule has 2 unspecified atom stereocenters. The molecule has 0 bridgehead atoms. The summed E-state index contributed by atoms with van der Waals surface area (Å²) in [4.78, 5) is 25.7. The van der Waals surface area contributed by atoms with Gasteiger partial charge < -0.3 is 25.4 Å². The molecule has 0 radical (unpaired) electrons. The van der Waals surface area contributed by atoms with E-state index in [-0.39, 0.29) is 22.6 Å². The van der Waals surface area contributed by atoms with Crippen LogP contribution in [0.1, 0.15) is 70.4 Å². The molecule has 2 aliphatic heterocycles. The van der Waals surface area contributed by atoms with Gasteiger partial charge in [-0.25, -0.2) is 0 Å². The molecule has 2 atom stereocenters. The Kier molecular flexibility index (Phi) is 19.4. The highest BCUT2D eigenvalue weighted by Gasteiger charge is 2.38. The fourth-order valence-electron chi connectivity index (χ4n) is 7.83. The van der Waals surface area contributed by atoms with Crippen molar-refractivity contribution in [3.05, 3.63) is 131 Å². The number of benzene rings is 4. The molecular weight excluding hydrogens is 864 g/mol. The maximum absolute atomic E-state index is 12.9. The van der Waals surface area contributed by atoms with Gasteiger partial charge in [-0.1, -0.05) is 84.9 Å². The Morgan fingerprint density at radius 1 is 0.619 bits per heavy atom. The van der Waals surface area contributed by atoms with Gasteiger partial charge in [0.1, 0.15) is 11.5 Å². The van der Waals surface area contributed by atoms with E-state index in [0.29, 0.717) is 61.6 Å². The van der Waals surface area contributed by atoms with Gasteiger partial charge in [-0.3, -0.25) is 9.59 Å². The fourth-order valence-corrected chi connectivity index (χ4v) is 8.98. The minimum atomic E-state index is -3.48. The lowest BCUT2D eigenvalue weighted by Crippen LogP contribution is -2.43. The fraction of sp³-hybridized carbons (Fsp3) is 0.435. The van der Waals surface area contributed by atoms with Crippen molar-refractivity contribution in [2.75, 3.05) is 81.7 Å². The van der Waals surface area contributed by atoms with Crippen LogP contribution < -0.4 is 25.4 Å². The van der Waals surface area contributed by atoms with Crippen molar-refractivity contribution in [2.24, 2.45) is 0 Å². The van der Waals surface area contributed by atoms with E-state index in [9.17, 15) is 26.4 Å². The van der Waals surface area contributed by atoms with Crippen LogP contribution in [0.5, 0.6) is 11.5 Å². The number of halogens is 1. The van der Waals surface area contributed by atoms with Crippen molar-refractivity contribution in [3.8, 4) is 11.5 Å². The van der Waals surface area contributed by atoms with Crippen molar-refractivity contribution >= 4 is 41.9 Å². The molecule has 4 aromatic rings. The molecule has 2 saturated heterocycles. The first-order chi connectivity index (χ1) is 30.0. The second kappa shape index (κ2) is 23.9. The maximum Gasteiger partial charge on any atom is 0.299 e. The Morgan fingerprint density at radius 3 is 1.49 bits per heavy atom. The summed E-state index contributed by atoms with van der Waals surface area (Å²) in [5.41, 5.74) is 3.11. The molecule has 4 aromatic carbocycles. The molecule has 0 aliphatic carbocycles. The molecule has 2 amide bonds. The quantitative estimate of drug-likeness (QED) is 0.140. The first-order valence-electron chi connectivity index (χ1n) is 20.9. The monoisotopic (exact) mass is 926 g/mol. The Labute approximate surface area is 379 Å². The summed E-state index contributed by atoms with van der Waals surface area (Å²) in [6, 6.07) is 35.1. The molecule has 63 heavy (non-hydrogen) atoms. The normalized spacial score (nSPS) is 19.5. The number of rotatable bonds is 13. The molecule has 3 N–H and O–H groups in total. The topological polar surface area (TPSA) is 167 Å². The van der Waals surface area contributed by atoms with Crippen molar-refractivity contribution in [2.45, 2.75) is 49.4 Å². The number of nitrogens with zero attached hydrogens (tertiary/aromatic N) is 3. The van der Waals surface area contributed by atoms with Crippen LogP contribution >= 0.6 is 10.7 Å². The number of carbonyl (C=O) groups excluding carboxylic acids is 2. The van der Waals surface area contributed by atoms with Crippen molar-refractivity contribution in [1.82, 2.24) is 28.9 Å². The van der Waals surface area contributed by atoms with Gasteiger partial charge in [-0.2, -0.15) is 29.8 Å². The minimum absolute atomic E-state index is 0.0254. The predicted molar refractivity (Wildman–Crippen MR) is 250 cm³/mol. The number of hydrogen-bond donors (Lipinski definition) is 3. The second-order valence-electron chi connectivity index (χ2n) is 15.9. The summed E-state index contributed by atoms with van der Waals surface area (Å²) in [6.45, 7) is 3.93. The van der Waals surface area contributed by atoms with Crippen molar-refractivity contribution < 1.29 is 35.9 Å². The third kappa shape index (κ3) is 14.2. The van der Waals surface area contributed by atoms with Gasteiger partial charge in [0.05, 0.1) is 25.3 Å². The van der Waals surface area contributed by atoms with Gasteiger partial charge in [0.25, 0.3) is 31.3 Å². The van der Waals surface area contributed by atoms with E-state index in [1.54, 1.807) is 56.9 Å². The van der Waals surface area contributed by atoms with Crippen LogP contribution in [0.15, 0.2) is 109 Å². The van der Waals surface area contributed by atoms with E-state index < -0.39 is 19.4 Å². The lowest BCUT2D eigenvalue weighted by Gasteiger charge is -2.34. The molecule has 0 spiro atoms. The average molecular weight is 928 g/mol. The van der Waals surface area contributed by atoms with E-state index in [1.807, 2.05) is 48.5 Å². The molecule has 0 saturated carbocycles. The van der Waals surface area contributed by atoms with E-state index in [4.69, 9.17) is 20.2 Å². The number of para-hydroxylation sites is 2. The van der Waals surface area contributed by atoms with Gasteiger partial charge >= 0.3 is 0 Å². The molecule has 2 heterocycles. The molecular formula is C46H63ClN6O8S2.